The SMILES string of the molecule is CCOc1ccc(NC(=O)COc2cccc(C(F)(F)F)c2)cc1S(=O)(=O)N1CCCC1. The lowest BCUT2D eigenvalue weighted by Crippen LogP contribution is -2.28. The van der Waals surface area contributed by atoms with E-state index in [1.165, 1.54) is 34.6 Å². The zero-order valence-corrected chi connectivity index (χ0v) is 18.1. The van der Waals surface area contributed by atoms with E-state index in [9.17, 15) is 26.4 Å². The van der Waals surface area contributed by atoms with Crippen LogP contribution < -0.4 is 14.8 Å². The molecule has 1 N–H and O–H groups in total. The molecule has 0 spiro atoms. The average molecular weight is 472 g/mol. The van der Waals surface area contributed by atoms with Crippen LogP contribution in [0.5, 0.6) is 11.5 Å². The molecule has 32 heavy (non-hydrogen) atoms. The number of hydrogen-bond acceptors (Lipinski definition) is 5. The van der Waals surface area contributed by atoms with E-state index in [2.05, 4.69) is 5.32 Å². The first-order chi connectivity index (χ1) is 15.1. The molecule has 0 radical (unpaired) electrons. The second-order valence-corrected chi connectivity index (χ2v) is 8.97. The van der Waals surface area contributed by atoms with Crippen LogP contribution in [0, 0.1) is 0 Å². The monoisotopic (exact) mass is 472 g/mol. The molecular formula is C21H23F3N2O5S. The number of alkyl halides is 3. The lowest BCUT2D eigenvalue weighted by atomic mass is 10.2. The Balaban J connectivity index is 1.72. The van der Waals surface area contributed by atoms with E-state index in [-0.39, 0.29) is 28.7 Å². The van der Waals surface area contributed by atoms with Crippen LogP contribution in [0.3, 0.4) is 0 Å². The number of benzene rings is 2. The molecule has 11 heteroatoms. The summed E-state index contributed by atoms with van der Waals surface area (Å²) in [5.74, 6) is -0.590. The van der Waals surface area contributed by atoms with Gasteiger partial charge < -0.3 is 14.8 Å². The molecule has 7 nitrogen and oxygen atoms in total. The Morgan fingerprint density at radius 2 is 1.81 bits per heavy atom. The van der Waals surface area contributed by atoms with Gasteiger partial charge in [0.1, 0.15) is 16.4 Å². The van der Waals surface area contributed by atoms with Gasteiger partial charge in [0, 0.05) is 18.8 Å². The molecule has 0 aliphatic carbocycles. The predicted molar refractivity (Wildman–Crippen MR) is 111 cm³/mol. The fourth-order valence-corrected chi connectivity index (χ4v) is 4.91. The van der Waals surface area contributed by atoms with Crippen molar-refractivity contribution >= 4 is 21.6 Å². The molecule has 0 aromatic heterocycles. The number of ether oxygens (including phenoxy) is 2. The lowest BCUT2D eigenvalue weighted by molar-refractivity contribution is -0.137. The molecule has 0 unspecified atom stereocenters. The van der Waals surface area contributed by atoms with Crippen LogP contribution in [-0.4, -0.2) is 44.9 Å². The Hall–Kier alpha value is -2.79. The largest absolute Gasteiger partial charge is 0.492 e. The summed E-state index contributed by atoms with van der Waals surface area (Å²) in [7, 11) is -3.80. The van der Waals surface area contributed by atoms with Gasteiger partial charge in [0.2, 0.25) is 10.0 Å². The van der Waals surface area contributed by atoms with E-state index in [0.29, 0.717) is 13.1 Å². The summed E-state index contributed by atoms with van der Waals surface area (Å²) in [5.41, 5.74) is -0.692. The van der Waals surface area contributed by atoms with Crippen molar-refractivity contribution in [2.24, 2.45) is 0 Å². The Morgan fingerprint density at radius 3 is 2.47 bits per heavy atom. The summed E-state index contributed by atoms with van der Waals surface area (Å²) < 4.78 is 76.4. The molecule has 1 fully saturated rings. The van der Waals surface area contributed by atoms with E-state index >= 15 is 0 Å². The Kier molecular flexibility index (Phi) is 7.29. The molecule has 2 aromatic carbocycles. The van der Waals surface area contributed by atoms with Crippen LogP contribution in [0.2, 0.25) is 0 Å². The highest BCUT2D eigenvalue weighted by Gasteiger charge is 2.31. The number of nitrogens with one attached hydrogen (secondary N) is 1. The van der Waals surface area contributed by atoms with Crippen molar-refractivity contribution in [2.45, 2.75) is 30.8 Å². The van der Waals surface area contributed by atoms with Gasteiger partial charge in [0.25, 0.3) is 5.91 Å². The number of carbonyl (C=O) groups is 1. The highest BCUT2D eigenvalue weighted by molar-refractivity contribution is 7.89. The third-order valence-electron chi connectivity index (χ3n) is 4.74. The van der Waals surface area contributed by atoms with Gasteiger partial charge in [-0.25, -0.2) is 8.42 Å². The predicted octanol–water partition coefficient (Wildman–Crippen LogP) is 3.91. The van der Waals surface area contributed by atoms with Crippen molar-refractivity contribution in [3.05, 3.63) is 48.0 Å². The first-order valence-corrected chi connectivity index (χ1v) is 11.4. The molecule has 0 saturated carbocycles. The van der Waals surface area contributed by atoms with Gasteiger partial charge in [-0.05, 0) is 56.2 Å². The van der Waals surface area contributed by atoms with Gasteiger partial charge in [-0.2, -0.15) is 17.5 Å². The third-order valence-corrected chi connectivity index (χ3v) is 6.66. The van der Waals surface area contributed by atoms with Gasteiger partial charge in [0.15, 0.2) is 6.61 Å². The van der Waals surface area contributed by atoms with Crippen LogP contribution in [0.25, 0.3) is 0 Å². The maximum absolute atomic E-state index is 13.0. The number of hydrogen-bond donors (Lipinski definition) is 1. The van der Waals surface area contributed by atoms with Gasteiger partial charge in [-0.1, -0.05) is 6.07 Å². The van der Waals surface area contributed by atoms with E-state index in [1.807, 2.05) is 0 Å². The molecule has 3 rings (SSSR count). The summed E-state index contributed by atoms with van der Waals surface area (Å²) in [5, 5.41) is 2.50. The van der Waals surface area contributed by atoms with E-state index < -0.39 is 34.3 Å². The summed E-state index contributed by atoms with van der Waals surface area (Å²) >= 11 is 0. The zero-order chi connectivity index (χ0) is 23.4. The minimum absolute atomic E-state index is 0.0575. The first kappa shape index (κ1) is 23.9. The average Bonchev–Trinajstić information content (AvgIpc) is 3.29. The summed E-state index contributed by atoms with van der Waals surface area (Å²) in [6.07, 6.45) is -2.99. The highest BCUT2D eigenvalue weighted by Crippen LogP contribution is 2.32. The Labute approximate surface area is 184 Å². The van der Waals surface area contributed by atoms with Crippen LogP contribution in [0.1, 0.15) is 25.3 Å². The van der Waals surface area contributed by atoms with Crippen LogP contribution in [0.15, 0.2) is 47.4 Å². The minimum atomic E-state index is -4.53. The summed E-state index contributed by atoms with van der Waals surface area (Å²) in [4.78, 5) is 12.2. The first-order valence-electron chi connectivity index (χ1n) is 9.98. The number of rotatable bonds is 8. The minimum Gasteiger partial charge on any atom is -0.492 e. The second-order valence-electron chi connectivity index (χ2n) is 7.07. The van der Waals surface area contributed by atoms with E-state index in [1.54, 1.807) is 6.92 Å². The number of sulfonamides is 1. The Morgan fingerprint density at radius 1 is 1.09 bits per heavy atom. The molecule has 1 saturated heterocycles. The molecule has 1 aliphatic heterocycles. The van der Waals surface area contributed by atoms with E-state index in [0.717, 1.165) is 25.0 Å². The molecule has 174 valence electrons. The van der Waals surface area contributed by atoms with Crippen LogP contribution in [-0.2, 0) is 21.0 Å². The normalized spacial score (nSPS) is 14.9. The molecule has 2 aromatic rings. The highest BCUT2D eigenvalue weighted by atomic mass is 32.2. The standard InChI is InChI=1S/C21H23F3N2O5S/c1-2-30-18-9-8-16(13-19(18)32(28,29)26-10-3-4-11-26)25-20(27)14-31-17-7-5-6-15(12-17)21(22,23)24/h5-9,12-13H,2-4,10-11,14H2,1H3,(H,25,27). The van der Waals surface area contributed by atoms with Crippen molar-refractivity contribution < 1.29 is 35.9 Å². The number of amides is 1. The smallest absolute Gasteiger partial charge is 0.416 e. The maximum atomic E-state index is 13.0. The van der Waals surface area contributed by atoms with E-state index in [4.69, 9.17) is 9.47 Å². The molecular weight excluding hydrogens is 449 g/mol. The summed E-state index contributed by atoms with van der Waals surface area (Å²) in [6.45, 7) is 2.26. The number of anilines is 1. The number of carbonyl (C=O) groups excluding carboxylic acids is 1. The van der Waals surface area contributed by atoms with Crippen molar-refractivity contribution in [3.63, 3.8) is 0 Å². The van der Waals surface area contributed by atoms with Crippen molar-refractivity contribution in [1.29, 1.82) is 0 Å². The van der Waals surface area contributed by atoms with Crippen molar-refractivity contribution in [2.75, 3.05) is 31.6 Å². The van der Waals surface area contributed by atoms with Gasteiger partial charge >= 0.3 is 6.18 Å². The van der Waals surface area contributed by atoms with Crippen LogP contribution >= 0.6 is 0 Å². The fourth-order valence-electron chi connectivity index (χ4n) is 3.24. The van der Waals surface area contributed by atoms with Crippen molar-refractivity contribution in [3.8, 4) is 11.5 Å². The quantitative estimate of drug-likeness (QED) is 0.630. The topological polar surface area (TPSA) is 84.9 Å². The lowest BCUT2D eigenvalue weighted by Gasteiger charge is -2.19. The Bertz CT molecular complexity index is 1070. The maximum Gasteiger partial charge on any atom is 0.416 e. The molecule has 0 bridgehead atoms. The van der Waals surface area contributed by atoms with Crippen LogP contribution in [0.4, 0.5) is 18.9 Å². The molecule has 1 amide bonds. The van der Waals surface area contributed by atoms with Gasteiger partial charge in [0.05, 0.1) is 12.2 Å². The third kappa shape index (κ3) is 5.71. The van der Waals surface area contributed by atoms with Crippen molar-refractivity contribution in [1.82, 2.24) is 4.31 Å². The van der Waals surface area contributed by atoms with Gasteiger partial charge in [-0.3, -0.25) is 4.79 Å². The summed E-state index contributed by atoms with van der Waals surface area (Å²) in [6, 6.07) is 8.42. The molecule has 0 atom stereocenters. The molecule has 1 aliphatic rings. The van der Waals surface area contributed by atoms with Gasteiger partial charge in [-0.15, -0.1) is 0 Å². The second kappa shape index (κ2) is 9.78. The fraction of sp³-hybridized carbons (Fsp3) is 0.381. The molecule has 1 heterocycles. The number of nitrogens with zero attached hydrogens (tertiary/aromatic N) is 1. The number of halogens is 3. The zero-order valence-electron chi connectivity index (χ0n) is 17.3.